The standard InChI is InChI=1S/C17H12ClN3O5S/c18-11-5-6-12(14(9-11)21(24)25)17(23)26-10-16(22)20-13-3-1-2-4-15(13)27-8-7-19/h1-6,9H,8,10H2,(H,20,22). The van der Waals surface area contributed by atoms with E-state index in [1.54, 1.807) is 24.3 Å². The Balaban J connectivity index is 2.02. The predicted octanol–water partition coefficient (Wildman–Crippen LogP) is 3.66. The first-order chi connectivity index (χ1) is 12.9. The lowest BCUT2D eigenvalue weighted by molar-refractivity contribution is -0.385. The zero-order valence-corrected chi connectivity index (χ0v) is 15.2. The fraction of sp³-hybridized carbons (Fsp3) is 0.118. The van der Waals surface area contributed by atoms with E-state index in [9.17, 15) is 19.7 Å². The van der Waals surface area contributed by atoms with E-state index >= 15 is 0 Å². The Kier molecular flexibility index (Phi) is 7.16. The topological polar surface area (TPSA) is 122 Å². The van der Waals surface area contributed by atoms with E-state index in [-0.39, 0.29) is 16.3 Å². The van der Waals surface area contributed by atoms with E-state index < -0.39 is 29.1 Å². The molecule has 0 aliphatic carbocycles. The zero-order valence-electron chi connectivity index (χ0n) is 13.7. The van der Waals surface area contributed by atoms with E-state index in [2.05, 4.69) is 5.32 Å². The van der Waals surface area contributed by atoms with Crippen LogP contribution in [0, 0.1) is 21.4 Å². The highest BCUT2D eigenvalue weighted by atomic mass is 35.5. The molecular formula is C17H12ClN3O5S. The van der Waals surface area contributed by atoms with Crippen LogP contribution < -0.4 is 5.32 Å². The molecule has 0 saturated carbocycles. The van der Waals surface area contributed by atoms with Gasteiger partial charge in [-0.3, -0.25) is 14.9 Å². The number of esters is 1. The van der Waals surface area contributed by atoms with Crippen LogP contribution in [-0.4, -0.2) is 29.2 Å². The van der Waals surface area contributed by atoms with Crippen LogP contribution in [0.15, 0.2) is 47.4 Å². The number of amides is 1. The summed E-state index contributed by atoms with van der Waals surface area (Å²) < 4.78 is 4.86. The number of nitro groups is 1. The molecule has 0 bridgehead atoms. The number of carbonyl (C=O) groups is 2. The molecule has 27 heavy (non-hydrogen) atoms. The molecule has 8 nitrogen and oxygen atoms in total. The SMILES string of the molecule is N#CCSc1ccccc1NC(=O)COC(=O)c1ccc(Cl)cc1[N+](=O)[O-]. The van der Waals surface area contributed by atoms with Gasteiger partial charge in [-0.1, -0.05) is 23.7 Å². The van der Waals surface area contributed by atoms with Crippen LogP contribution in [0.5, 0.6) is 0 Å². The minimum atomic E-state index is -1.01. The Bertz CT molecular complexity index is 929. The maximum Gasteiger partial charge on any atom is 0.345 e. The van der Waals surface area contributed by atoms with Crippen molar-refractivity contribution in [3.8, 4) is 6.07 Å². The number of para-hydroxylation sites is 1. The molecule has 0 atom stereocenters. The molecule has 0 heterocycles. The van der Waals surface area contributed by atoms with Crippen LogP contribution >= 0.6 is 23.4 Å². The number of nitro benzene ring substituents is 1. The van der Waals surface area contributed by atoms with Gasteiger partial charge in [0.25, 0.3) is 11.6 Å². The lowest BCUT2D eigenvalue weighted by Crippen LogP contribution is -2.21. The van der Waals surface area contributed by atoms with E-state index in [1.807, 2.05) is 6.07 Å². The molecule has 0 spiro atoms. The van der Waals surface area contributed by atoms with Gasteiger partial charge in [-0.15, -0.1) is 11.8 Å². The molecule has 1 amide bonds. The third-order valence-electron chi connectivity index (χ3n) is 3.16. The molecule has 2 aromatic carbocycles. The summed E-state index contributed by atoms with van der Waals surface area (Å²) in [7, 11) is 0. The van der Waals surface area contributed by atoms with Crippen LogP contribution in [0.3, 0.4) is 0 Å². The third kappa shape index (κ3) is 5.70. The molecule has 0 aliphatic heterocycles. The fourth-order valence-corrected chi connectivity index (χ4v) is 2.87. The number of halogens is 1. The number of rotatable bonds is 7. The molecule has 1 N–H and O–H groups in total. The zero-order chi connectivity index (χ0) is 19.8. The highest BCUT2D eigenvalue weighted by Gasteiger charge is 2.22. The average Bonchev–Trinajstić information content (AvgIpc) is 2.65. The first-order valence-electron chi connectivity index (χ1n) is 7.42. The molecule has 0 aromatic heterocycles. The van der Waals surface area contributed by atoms with Crippen molar-refractivity contribution in [2.45, 2.75) is 4.90 Å². The van der Waals surface area contributed by atoms with Gasteiger partial charge >= 0.3 is 5.97 Å². The quantitative estimate of drug-likeness (QED) is 0.322. The molecule has 138 valence electrons. The summed E-state index contributed by atoms with van der Waals surface area (Å²) in [6.45, 7) is -0.629. The second-order valence-electron chi connectivity index (χ2n) is 4.99. The number of benzene rings is 2. The fourth-order valence-electron chi connectivity index (χ4n) is 2.03. The van der Waals surface area contributed by atoms with Crippen molar-refractivity contribution in [3.63, 3.8) is 0 Å². The van der Waals surface area contributed by atoms with Gasteiger partial charge in [-0.25, -0.2) is 4.79 Å². The van der Waals surface area contributed by atoms with Crippen molar-refractivity contribution in [1.82, 2.24) is 0 Å². The lowest BCUT2D eigenvalue weighted by atomic mass is 10.2. The monoisotopic (exact) mass is 405 g/mol. The minimum absolute atomic E-state index is 0.0995. The summed E-state index contributed by atoms with van der Waals surface area (Å²) in [4.78, 5) is 35.0. The summed E-state index contributed by atoms with van der Waals surface area (Å²) in [5.74, 6) is -1.42. The number of anilines is 1. The Hall–Kier alpha value is -3.09. The Morgan fingerprint density at radius 3 is 2.74 bits per heavy atom. The molecule has 0 aliphatic rings. The van der Waals surface area contributed by atoms with Gasteiger partial charge in [0.15, 0.2) is 6.61 Å². The third-order valence-corrected chi connectivity index (χ3v) is 4.34. The maximum absolute atomic E-state index is 12.1. The highest BCUT2D eigenvalue weighted by Crippen LogP contribution is 2.27. The summed E-state index contributed by atoms with van der Waals surface area (Å²) >= 11 is 6.94. The minimum Gasteiger partial charge on any atom is -0.452 e. The van der Waals surface area contributed by atoms with Crippen molar-refractivity contribution >= 4 is 46.6 Å². The van der Waals surface area contributed by atoms with E-state index in [4.69, 9.17) is 21.6 Å². The van der Waals surface area contributed by atoms with Crippen molar-refractivity contribution in [1.29, 1.82) is 5.26 Å². The molecule has 2 rings (SSSR count). The largest absolute Gasteiger partial charge is 0.452 e. The summed E-state index contributed by atoms with van der Waals surface area (Å²) in [6.07, 6.45) is 0. The van der Waals surface area contributed by atoms with E-state index in [1.165, 1.54) is 17.8 Å². The molecule has 0 unspecified atom stereocenters. The summed E-state index contributed by atoms with van der Waals surface area (Å²) in [5, 5.41) is 22.3. The van der Waals surface area contributed by atoms with Crippen LogP contribution in [0.2, 0.25) is 5.02 Å². The smallest absolute Gasteiger partial charge is 0.345 e. The first kappa shape index (κ1) is 20.2. The normalized spacial score (nSPS) is 9.93. The van der Waals surface area contributed by atoms with Crippen molar-refractivity contribution in [2.75, 3.05) is 17.7 Å². The molecule has 0 radical (unpaired) electrons. The van der Waals surface area contributed by atoms with Crippen molar-refractivity contribution in [3.05, 3.63) is 63.2 Å². The number of ether oxygens (including phenoxy) is 1. The first-order valence-corrected chi connectivity index (χ1v) is 8.78. The number of nitrogens with one attached hydrogen (secondary N) is 1. The Morgan fingerprint density at radius 1 is 1.30 bits per heavy atom. The van der Waals surface area contributed by atoms with Crippen LogP contribution in [0.1, 0.15) is 10.4 Å². The number of nitrogens with zero attached hydrogens (tertiary/aromatic N) is 2. The van der Waals surface area contributed by atoms with Gasteiger partial charge in [0.1, 0.15) is 5.56 Å². The second-order valence-corrected chi connectivity index (χ2v) is 6.44. The number of hydrogen-bond acceptors (Lipinski definition) is 7. The van der Waals surface area contributed by atoms with E-state index in [0.29, 0.717) is 10.6 Å². The molecule has 0 fully saturated rings. The Labute approximate surface area is 163 Å². The van der Waals surface area contributed by atoms with Crippen LogP contribution in [-0.2, 0) is 9.53 Å². The van der Waals surface area contributed by atoms with Crippen molar-refractivity contribution < 1.29 is 19.2 Å². The number of carbonyl (C=O) groups excluding carboxylic acids is 2. The van der Waals surface area contributed by atoms with Gasteiger partial charge in [-0.2, -0.15) is 5.26 Å². The number of nitriles is 1. The molecule has 0 saturated heterocycles. The van der Waals surface area contributed by atoms with Gasteiger partial charge in [-0.05, 0) is 24.3 Å². The van der Waals surface area contributed by atoms with Gasteiger partial charge in [0.05, 0.1) is 22.4 Å². The molecule has 10 heteroatoms. The van der Waals surface area contributed by atoms with Crippen LogP contribution in [0.25, 0.3) is 0 Å². The highest BCUT2D eigenvalue weighted by molar-refractivity contribution is 7.99. The maximum atomic E-state index is 12.1. The van der Waals surface area contributed by atoms with Gasteiger partial charge < -0.3 is 10.1 Å². The predicted molar refractivity (Wildman–Crippen MR) is 99.8 cm³/mol. The Morgan fingerprint density at radius 2 is 2.04 bits per heavy atom. The van der Waals surface area contributed by atoms with Crippen molar-refractivity contribution in [2.24, 2.45) is 0 Å². The number of thioether (sulfide) groups is 1. The summed E-state index contributed by atoms with van der Waals surface area (Å²) in [5.41, 5.74) is -0.343. The molecule has 2 aromatic rings. The molecular weight excluding hydrogens is 394 g/mol. The second kappa shape index (κ2) is 9.56. The summed E-state index contributed by atoms with van der Waals surface area (Å²) in [6, 6.07) is 12.3. The van der Waals surface area contributed by atoms with Gasteiger partial charge in [0.2, 0.25) is 0 Å². The number of hydrogen-bond donors (Lipinski definition) is 1. The van der Waals surface area contributed by atoms with Gasteiger partial charge in [0, 0.05) is 16.0 Å². The van der Waals surface area contributed by atoms with Crippen LogP contribution in [0.4, 0.5) is 11.4 Å². The van der Waals surface area contributed by atoms with E-state index in [0.717, 1.165) is 12.1 Å². The average molecular weight is 406 g/mol. The lowest BCUT2D eigenvalue weighted by Gasteiger charge is -2.10.